The van der Waals surface area contributed by atoms with Gasteiger partial charge in [0.1, 0.15) is 11.4 Å². The molecule has 130 valence electrons. The number of nitrogens with zero attached hydrogens (tertiary/aromatic N) is 2. The van der Waals surface area contributed by atoms with E-state index in [4.69, 9.17) is 16.3 Å². The molecule has 0 radical (unpaired) electrons. The number of amides is 1. The Morgan fingerprint density at radius 2 is 1.92 bits per heavy atom. The predicted molar refractivity (Wildman–Crippen MR) is 98.2 cm³/mol. The van der Waals surface area contributed by atoms with Crippen LogP contribution in [0.2, 0.25) is 5.02 Å². The lowest BCUT2D eigenvalue weighted by molar-refractivity contribution is -0.123. The maximum Gasteiger partial charge on any atom is 0.258 e. The van der Waals surface area contributed by atoms with Crippen molar-refractivity contribution in [3.8, 4) is 5.75 Å². The van der Waals surface area contributed by atoms with Crippen LogP contribution in [0.15, 0.2) is 36.7 Å². The van der Waals surface area contributed by atoms with E-state index in [1.54, 1.807) is 12.3 Å². The SMILES string of the molecule is Cc1cc(C)c(OCC(=O)NCc2cn3cc(Cl)ccc3n2)c(C)c1. The van der Waals surface area contributed by atoms with Gasteiger partial charge in [0.05, 0.1) is 17.3 Å². The standard InChI is InChI=1S/C19H20ClN3O2/c1-12-6-13(2)19(14(3)7-12)25-11-18(24)21-8-16-10-23-9-15(20)4-5-17(23)22-16/h4-7,9-10H,8,11H2,1-3H3,(H,21,24). The average Bonchev–Trinajstić information content (AvgIpc) is 2.93. The Morgan fingerprint density at radius 1 is 1.20 bits per heavy atom. The zero-order valence-corrected chi connectivity index (χ0v) is 15.2. The first-order chi connectivity index (χ1) is 11.9. The molecule has 0 aliphatic rings. The fourth-order valence-corrected chi connectivity index (χ4v) is 3.04. The number of pyridine rings is 1. The summed E-state index contributed by atoms with van der Waals surface area (Å²) in [5, 5.41) is 3.46. The summed E-state index contributed by atoms with van der Waals surface area (Å²) in [4.78, 5) is 16.5. The van der Waals surface area contributed by atoms with Gasteiger partial charge in [-0.15, -0.1) is 0 Å². The van der Waals surface area contributed by atoms with Gasteiger partial charge < -0.3 is 14.5 Å². The molecule has 0 aliphatic heterocycles. The minimum Gasteiger partial charge on any atom is -0.483 e. The number of hydrogen-bond donors (Lipinski definition) is 1. The number of nitrogens with one attached hydrogen (secondary N) is 1. The zero-order chi connectivity index (χ0) is 18.0. The summed E-state index contributed by atoms with van der Waals surface area (Å²) in [6.07, 6.45) is 3.62. The molecule has 0 saturated heterocycles. The van der Waals surface area contributed by atoms with Crippen LogP contribution in [0, 0.1) is 20.8 Å². The summed E-state index contributed by atoms with van der Waals surface area (Å²) in [5.74, 6) is 0.581. The molecular formula is C19H20ClN3O2. The summed E-state index contributed by atoms with van der Waals surface area (Å²) in [5.41, 5.74) is 4.79. The molecule has 0 unspecified atom stereocenters. The fraction of sp³-hybridized carbons (Fsp3) is 0.263. The van der Waals surface area contributed by atoms with E-state index < -0.39 is 0 Å². The van der Waals surface area contributed by atoms with Gasteiger partial charge in [-0.1, -0.05) is 29.3 Å². The van der Waals surface area contributed by atoms with Gasteiger partial charge in [-0.3, -0.25) is 4.79 Å². The third kappa shape index (κ3) is 4.12. The summed E-state index contributed by atoms with van der Waals surface area (Å²) in [6.45, 7) is 6.32. The third-order valence-electron chi connectivity index (χ3n) is 3.88. The number of hydrogen-bond acceptors (Lipinski definition) is 3. The lowest BCUT2D eigenvalue weighted by atomic mass is 10.1. The Balaban J connectivity index is 1.57. The first kappa shape index (κ1) is 17.3. The van der Waals surface area contributed by atoms with Crippen LogP contribution in [-0.2, 0) is 11.3 Å². The van der Waals surface area contributed by atoms with E-state index in [9.17, 15) is 4.79 Å². The van der Waals surface area contributed by atoms with E-state index in [1.165, 1.54) is 5.56 Å². The van der Waals surface area contributed by atoms with Crippen LogP contribution in [0.3, 0.4) is 0 Å². The molecule has 0 saturated carbocycles. The van der Waals surface area contributed by atoms with E-state index in [0.717, 1.165) is 28.2 Å². The summed E-state index contributed by atoms with van der Waals surface area (Å²) >= 11 is 5.96. The molecular weight excluding hydrogens is 338 g/mol. The van der Waals surface area contributed by atoms with E-state index in [-0.39, 0.29) is 12.5 Å². The van der Waals surface area contributed by atoms with E-state index in [1.807, 2.05) is 49.6 Å². The Morgan fingerprint density at radius 3 is 2.64 bits per heavy atom. The van der Waals surface area contributed by atoms with Gasteiger partial charge >= 0.3 is 0 Å². The normalized spacial score (nSPS) is 10.9. The Hall–Kier alpha value is -2.53. The molecule has 0 fully saturated rings. The average molecular weight is 358 g/mol. The molecule has 2 aromatic heterocycles. The Labute approximate surface area is 151 Å². The number of imidazole rings is 1. The number of ether oxygens (including phenoxy) is 1. The third-order valence-corrected chi connectivity index (χ3v) is 4.11. The number of aromatic nitrogens is 2. The maximum absolute atomic E-state index is 12.1. The van der Waals surface area contributed by atoms with Crippen molar-refractivity contribution >= 4 is 23.2 Å². The number of rotatable bonds is 5. The molecule has 0 bridgehead atoms. The molecule has 1 N–H and O–H groups in total. The second-order valence-electron chi connectivity index (χ2n) is 6.14. The van der Waals surface area contributed by atoms with Crippen molar-refractivity contribution in [1.29, 1.82) is 0 Å². The number of carbonyl (C=O) groups excluding carboxylic acids is 1. The van der Waals surface area contributed by atoms with Crippen LogP contribution in [0.25, 0.3) is 5.65 Å². The van der Waals surface area contributed by atoms with Crippen molar-refractivity contribution in [1.82, 2.24) is 14.7 Å². The van der Waals surface area contributed by atoms with Crippen LogP contribution in [-0.4, -0.2) is 21.9 Å². The Bertz CT molecular complexity index is 911. The lowest BCUT2D eigenvalue weighted by Gasteiger charge is -2.12. The van der Waals surface area contributed by atoms with E-state index >= 15 is 0 Å². The first-order valence-corrected chi connectivity index (χ1v) is 8.40. The quantitative estimate of drug-likeness (QED) is 0.759. The van der Waals surface area contributed by atoms with Gasteiger partial charge in [0.25, 0.3) is 5.91 Å². The highest BCUT2D eigenvalue weighted by Gasteiger charge is 2.09. The molecule has 6 heteroatoms. The van der Waals surface area contributed by atoms with Crippen molar-refractivity contribution in [2.45, 2.75) is 27.3 Å². The van der Waals surface area contributed by atoms with E-state index in [2.05, 4.69) is 10.3 Å². The van der Waals surface area contributed by atoms with Crippen LogP contribution in [0.4, 0.5) is 0 Å². The van der Waals surface area contributed by atoms with Crippen LogP contribution < -0.4 is 10.1 Å². The van der Waals surface area contributed by atoms with Crippen molar-refractivity contribution < 1.29 is 9.53 Å². The van der Waals surface area contributed by atoms with Crippen molar-refractivity contribution in [3.05, 3.63) is 64.1 Å². The summed E-state index contributed by atoms with van der Waals surface area (Å²) in [7, 11) is 0. The van der Waals surface area contributed by atoms with Crippen LogP contribution in [0.1, 0.15) is 22.4 Å². The zero-order valence-electron chi connectivity index (χ0n) is 14.5. The molecule has 2 heterocycles. The monoisotopic (exact) mass is 357 g/mol. The van der Waals surface area contributed by atoms with Gasteiger partial charge in [0, 0.05) is 12.4 Å². The second-order valence-corrected chi connectivity index (χ2v) is 6.57. The Kier molecular flexibility index (Phi) is 4.95. The highest BCUT2D eigenvalue weighted by Crippen LogP contribution is 2.24. The summed E-state index contributed by atoms with van der Waals surface area (Å²) < 4.78 is 7.53. The van der Waals surface area contributed by atoms with Crippen LogP contribution >= 0.6 is 11.6 Å². The maximum atomic E-state index is 12.1. The van der Waals surface area contributed by atoms with Crippen molar-refractivity contribution in [2.24, 2.45) is 0 Å². The smallest absolute Gasteiger partial charge is 0.258 e. The molecule has 3 rings (SSSR count). The number of aryl methyl sites for hydroxylation is 3. The van der Waals surface area contributed by atoms with Gasteiger partial charge in [0.15, 0.2) is 6.61 Å². The molecule has 0 aliphatic carbocycles. The highest BCUT2D eigenvalue weighted by molar-refractivity contribution is 6.30. The number of benzene rings is 1. The van der Waals surface area contributed by atoms with Crippen molar-refractivity contribution in [3.63, 3.8) is 0 Å². The largest absolute Gasteiger partial charge is 0.483 e. The fourth-order valence-electron chi connectivity index (χ4n) is 2.87. The van der Waals surface area contributed by atoms with Gasteiger partial charge in [-0.25, -0.2) is 4.98 Å². The van der Waals surface area contributed by atoms with Gasteiger partial charge in [0.2, 0.25) is 0 Å². The van der Waals surface area contributed by atoms with Crippen LogP contribution in [0.5, 0.6) is 5.75 Å². The van der Waals surface area contributed by atoms with Crippen molar-refractivity contribution in [2.75, 3.05) is 6.61 Å². The highest BCUT2D eigenvalue weighted by atomic mass is 35.5. The molecule has 1 aromatic carbocycles. The molecule has 25 heavy (non-hydrogen) atoms. The topological polar surface area (TPSA) is 55.6 Å². The second kappa shape index (κ2) is 7.15. The lowest BCUT2D eigenvalue weighted by Crippen LogP contribution is -2.28. The first-order valence-electron chi connectivity index (χ1n) is 8.03. The molecule has 3 aromatic rings. The van der Waals surface area contributed by atoms with E-state index in [0.29, 0.717) is 11.6 Å². The molecule has 0 atom stereocenters. The number of carbonyl (C=O) groups is 1. The molecule has 5 nitrogen and oxygen atoms in total. The summed E-state index contributed by atoms with van der Waals surface area (Å²) in [6, 6.07) is 7.70. The molecule has 1 amide bonds. The number of fused-ring (bicyclic) bond motifs is 1. The molecule has 0 spiro atoms. The minimum absolute atomic E-state index is 0.0239. The minimum atomic E-state index is -0.186. The predicted octanol–water partition coefficient (Wildman–Crippen LogP) is 3.61. The van der Waals surface area contributed by atoms with Gasteiger partial charge in [-0.2, -0.15) is 0 Å². The number of halogens is 1. The van der Waals surface area contributed by atoms with Gasteiger partial charge in [-0.05, 0) is 44.0 Å².